The van der Waals surface area contributed by atoms with Crippen molar-refractivity contribution in [3.8, 4) is 5.75 Å². The number of carbonyl (C=O) groups is 1. The van der Waals surface area contributed by atoms with E-state index in [1.165, 1.54) is 25.6 Å². The molecular formula is C13H9F2NO2. The summed E-state index contributed by atoms with van der Waals surface area (Å²) in [4.78, 5) is 15.9. The van der Waals surface area contributed by atoms with Gasteiger partial charge in [0.15, 0.2) is 5.78 Å². The van der Waals surface area contributed by atoms with Crippen molar-refractivity contribution in [2.24, 2.45) is 0 Å². The number of ether oxygens (including phenoxy) is 1. The number of hydrogen-bond acceptors (Lipinski definition) is 3. The molecule has 2 rings (SSSR count). The first-order valence-corrected chi connectivity index (χ1v) is 5.11. The van der Waals surface area contributed by atoms with Crippen LogP contribution in [-0.2, 0) is 0 Å². The average molecular weight is 249 g/mol. The monoisotopic (exact) mass is 249 g/mol. The fourth-order valence-electron chi connectivity index (χ4n) is 1.55. The Kier molecular flexibility index (Phi) is 3.32. The van der Waals surface area contributed by atoms with Crippen LogP contribution in [0.4, 0.5) is 8.78 Å². The van der Waals surface area contributed by atoms with Crippen LogP contribution in [-0.4, -0.2) is 17.9 Å². The third-order valence-corrected chi connectivity index (χ3v) is 2.42. The van der Waals surface area contributed by atoms with E-state index in [9.17, 15) is 13.6 Å². The fourth-order valence-corrected chi connectivity index (χ4v) is 1.55. The number of nitrogens with zero attached hydrogens (tertiary/aromatic N) is 1. The zero-order valence-corrected chi connectivity index (χ0v) is 9.48. The summed E-state index contributed by atoms with van der Waals surface area (Å²) in [6, 6.07) is 4.12. The Morgan fingerprint density at radius 3 is 2.72 bits per heavy atom. The van der Waals surface area contributed by atoms with E-state index in [1.807, 2.05) is 0 Å². The molecule has 0 saturated carbocycles. The maximum absolute atomic E-state index is 13.5. The zero-order valence-electron chi connectivity index (χ0n) is 9.48. The Morgan fingerprint density at radius 2 is 2.00 bits per heavy atom. The second kappa shape index (κ2) is 4.91. The number of pyridine rings is 1. The van der Waals surface area contributed by atoms with Gasteiger partial charge in [0.25, 0.3) is 0 Å². The lowest BCUT2D eigenvalue weighted by Gasteiger charge is -2.07. The summed E-state index contributed by atoms with van der Waals surface area (Å²) in [5.41, 5.74) is -0.198. The van der Waals surface area contributed by atoms with Crippen molar-refractivity contribution < 1.29 is 18.3 Å². The number of ketones is 1. The van der Waals surface area contributed by atoms with Crippen molar-refractivity contribution >= 4 is 5.78 Å². The van der Waals surface area contributed by atoms with Crippen LogP contribution in [0.15, 0.2) is 36.7 Å². The molecule has 0 aliphatic rings. The number of methoxy groups -OCH3 is 1. The van der Waals surface area contributed by atoms with Crippen LogP contribution < -0.4 is 4.74 Å². The Morgan fingerprint density at radius 1 is 1.22 bits per heavy atom. The molecule has 0 spiro atoms. The van der Waals surface area contributed by atoms with E-state index >= 15 is 0 Å². The lowest BCUT2D eigenvalue weighted by atomic mass is 10.0. The van der Waals surface area contributed by atoms with E-state index < -0.39 is 17.4 Å². The van der Waals surface area contributed by atoms with Gasteiger partial charge in [-0.1, -0.05) is 0 Å². The molecule has 0 radical (unpaired) electrons. The zero-order chi connectivity index (χ0) is 13.1. The Hall–Kier alpha value is -2.30. The molecule has 0 fully saturated rings. The SMILES string of the molecule is COc1cnccc1C(=O)c1cc(F)ccc1F. The summed E-state index contributed by atoms with van der Waals surface area (Å²) in [6.07, 6.45) is 2.72. The number of halogens is 2. The second-order valence-corrected chi connectivity index (χ2v) is 3.53. The topological polar surface area (TPSA) is 39.2 Å². The minimum Gasteiger partial charge on any atom is -0.494 e. The third-order valence-electron chi connectivity index (χ3n) is 2.42. The fraction of sp³-hybridized carbons (Fsp3) is 0.0769. The van der Waals surface area contributed by atoms with E-state index in [0.29, 0.717) is 0 Å². The van der Waals surface area contributed by atoms with Gasteiger partial charge < -0.3 is 4.74 Å². The highest BCUT2D eigenvalue weighted by Crippen LogP contribution is 2.21. The van der Waals surface area contributed by atoms with E-state index in [0.717, 1.165) is 18.2 Å². The summed E-state index contributed by atoms with van der Waals surface area (Å²) >= 11 is 0. The van der Waals surface area contributed by atoms with E-state index in [-0.39, 0.29) is 16.9 Å². The number of aromatic nitrogens is 1. The molecule has 5 heteroatoms. The minimum absolute atomic E-state index is 0.136. The van der Waals surface area contributed by atoms with E-state index in [1.54, 1.807) is 0 Å². The quantitative estimate of drug-likeness (QED) is 0.785. The smallest absolute Gasteiger partial charge is 0.199 e. The average Bonchev–Trinajstić information content (AvgIpc) is 2.40. The summed E-state index contributed by atoms with van der Waals surface area (Å²) in [5, 5.41) is 0. The highest BCUT2D eigenvalue weighted by atomic mass is 19.1. The summed E-state index contributed by atoms with van der Waals surface area (Å²) < 4.78 is 31.5. The molecule has 0 bridgehead atoms. The number of benzene rings is 1. The molecule has 2 aromatic rings. The van der Waals surface area contributed by atoms with Crippen molar-refractivity contribution in [3.05, 3.63) is 59.4 Å². The molecule has 0 aliphatic heterocycles. The first kappa shape index (κ1) is 12.2. The Labute approximate surface area is 102 Å². The van der Waals surface area contributed by atoms with Gasteiger partial charge in [0.1, 0.15) is 17.4 Å². The summed E-state index contributed by atoms with van der Waals surface area (Å²) in [5.74, 6) is -1.88. The molecule has 0 saturated heterocycles. The van der Waals surface area contributed by atoms with Crippen LogP contribution >= 0.6 is 0 Å². The maximum Gasteiger partial charge on any atom is 0.199 e. The van der Waals surface area contributed by atoms with Gasteiger partial charge in [0.2, 0.25) is 0 Å². The van der Waals surface area contributed by atoms with Gasteiger partial charge in [-0.2, -0.15) is 0 Å². The molecule has 1 aromatic carbocycles. The van der Waals surface area contributed by atoms with E-state index in [2.05, 4.69) is 4.98 Å². The van der Waals surface area contributed by atoms with Gasteiger partial charge in [0.05, 0.1) is 24.4 Å². The third kappa shape index (κ3) is 2.20. The van der Waals surface area contributed by atoms with Crippen molar-refractivity contribution in [2.45, 2.75) is 0 Å². The maximum atomic E-state index is 13.5. The summed E-state index contributed by atoms with van der Waals surface area (Å²) in [7, 11) is 1.37. The second-order valence-electron chi connectivity index (χ2n) is 3.53. The molecule has 1 aromatic heterocycles. The largest absolute Gasteiger partial charge is 0.494 e. The van der Waals surface area contributed by atoms with Gasteiger partial charge in [-0.05, 0) is 24.3 Å². The van der Waals surface area contributed by atoms with Crippen molar-refractivity contribution in [2.75, 3.05) is 7.11 Å². The molecule has 92 valence electrons. The van der Waals surface area contributed by atoms with Gasteiger partial charge in [-0.25, -0.2) is 8.78 Å². The summed E-state index contributed by atoms with van der Waals surface area (Å²) in [6.45, 7) is 0. The van der Waals surface area contributed by atoms with Crippen LogP contribution in [0.2, 0.25) is 0 Å². The predicted molar refractivity (Wildman–Crippen MR) is 60.6 cm³/mol. The standard InChI is InChI=1S/C13H9F2NO2/c1-18-12-7-16-5-4-9(12)13(17)10-6-8(14)2-3-11(10)15/h2-7H,1H3. The molecule has 18 heavy (non-hydrogen) atoms. The van der Waals surface area contributed by atoms with Crippen LogP contribution in [0.5, 0.6) is 5.75 Å². The number of hydrogen-bond donors (Lipinski definition) is 0. The Bertz CT molecular complexity index is 599. The highest BCUT2D eigenvalue weighted by molar-refractivity contribution is 6.10. The molecule has 1 heterocycles. The molecule has 0 atom stereocenters. The molecule has 0 amide bonds. The number of rotatable bonds is 3. The normalized spacial score (nSPS) is 10.2. The minimum atomic E-state index is -0.778. The van der Waals surface area contributed by atoms with Crippen LogP contribution in [0.25, 0.3) is 0 Å². The lowest BCUT2D eigenvalue weighted by molar-refractivity contribution is 0.103. The van der Waals surface area contributed by atoms with Gasteiger partial charge in [-0.15, -0.1) is 0 Å². The van der Waals surface area contributed by atoms with Gasteiger partial charge in [-0.3, -0.25) is 9.78 Å². The first-order valence-electron chi connectivity index (χ1n) is 5.11. The molecule has 0 N–H and O–H groups in total. The first-order chi connectivity index (χ1) is 8.63. The van der Waals surface area contributed by atoms with Crippen LogP contribution in [0.1, 0.15) is 15.9 Å². The van der Waals surface area contributed by atoms with Crippen molar-refractivity contribution in [3.63, 3.8) is 0 Å². The lowest BCUT2D eigenvalue weighted by Crippen LogP contribution is -2.07. The molecular weight excluding hydrogens is 240 g/mol. The van der Waals surface area contributed by atoms with Crippen molar-refractivity contribution in [1.29, 1.82) is 0 Å². The van der Waals surface area contributed by atoms with Gasteiger partial charge in [0, 0.05) is 6.20 Å². The van der Waals surface area contributed by atoms with Gasteiger partial charge >= 0.3 is 0 Å². The number of carbonyl (C=O) groups excluding carboxylic acids is 1. The highest BCUT2D eigenvalue weighted by Gasteiger charge is 2.18. The van der Waals surface area contributed by atoms with Crippen LogP contribution in [0, 0.1) is 11.6 Å². The van der Waals surface area contributed by atoms with Crippen molar-refractivity contribution in [1.82, 2.24) is 4.98 Å². The molecule has 0 unspecified atom stereocenters. The predicted octanol–water partition coefficient (Wildman–Crippen LogP) is 2.60. The molecule has 3 nitrogen and oxygen atoms in total. The van der Waals surface area contributed by atoms with Crippen LogP contribution in [0.3, 0.4) is 0 Å². The van der Waals surface area contributed by atoms with E-state index in [4.69, 9.17) is 4.74 Å². The Balaban J connectivity index is 2.51. The molecule has 0 aliphatic carbocycles.